The normalized spacial score (nSPS) is 10.2. The number of benzene rings is 2. The van der Waals surface area contributed by atoms with Gasteiger partial charge < -0.3 is 10.1 Å². The van der Waals surface area contributed by atoms with E-state index in [1.807, 2.05) is 56.3 Å². The van der Waals surface area contributed by atoms with Crippen molar-refractivity contribution in [2.45, 2.75) is 13.8 Å². The molecule has 3 nitrogen and oxygen atoms in total. The van der Waals surface area contributed by atoms with Crippen LogP contribution in [0.4, 0.5) is 5.69 Å². The molecule has 0 fully saturated rings. The number of ether oxygens (including phenoxy) is 1. The van der Waals surface area contributed by atoms with Crippen molar-refractivity contribution in [2.75, 3.05) is 19.0 Å². The molecule has 0 radical (unpaired) electrons. The van der Waals surface area contributed by atoms with Crippen LogP contribution in [0.3, 0.4) is 0 Å². The molecule has 2 rings (SSSR count). The van der Waals surface area contributed by atoms with Gasteiger partial charge in [0, 0.05) is 11.3 Å². The highest BCUT2D eigenvalue weighted by Crippen LogP contribution is 2.15. The van der Waals surface area contributed by atoms with E-state index < -0.39 is 0 Å². The van der Waals surface area contributed by atoms with Gasteiger partial charge in [0.2, 0.25) is 0 Å². The first kappa shape index (κ1) is 14.1. The number of anilines is 1. The van der Waals surface area contributed by atoms with Gasteiger partial charge in [-0.2, -0.15) is 0 Å². The van der Waals surface area contributed by atoms with E-state index >= 15 is 0 Å². The predicted octanol–water partition coefficient (Wildman–Crippen LogP) is 3.61. The summed E-state index contributed by atoms with van der Waals surface area (Å²) in [5.74, 6) is 0.889. The molecular weight excluding hydrogens is 250 g/mol. The summed E-state index contributed by atoms with van der Waals surface area (Å²) in [6.45, 7) is 4.34. The van der Waals surface area contributed by atoms with Crippen molar-refractivity contribution >= 4 is 11.5 Å². The third kappa shape index (κ3) is 3.38. The fourth-order valence-corrected chi connectivity index (χ4v) is 1.91. The molecule has 0 spiro atoms. The first-order chi connectivity index (χ1) is 9.60. The lowest BCUT2D eigenvalue weighted by atomic mass is 10.0. The maximum absolute atomic E-state index is 12.1. The second-order valence-corrected chi connectivity index (χ2v) is 4.80. The molecule has 0 bridgehead atoms. The standard InChI is InChI=1S/C17H19NO2/c1-12-4-5-14(10-13(12)2)17(19)11-18-15-6-8-16(20-3)9-7-15/h4-10,18H,11H2,1-3H3. The molecule has 0 unspecified atom stereocenters. The largest absolute Gasteiger partial charge is 0.497 e. The Labute approximate surface area is 119 Å². The molecule has 1 N–H and O–H groups in total. The number of carbonyl (C=O) groups excluding carboxylic acids is 1. The van der Waals surface area contributed by atoms with Gasteiger partial charge in [-0.1, -0.05) is 12.1 Å². The van der Waals surface area contributed by atoms with Gasteiger partial charge in [0.25, 0.3) is 0 Å². The summed E-state index contributed by atoms with van der Waals surface area (Å²) < 4.78 is 5.09. The zero-order chi connectivity index (χ0) is 14.5. The Balaban J connectivity index is 1.98. The number of hydrogen-bond donors (Lipinski definition) is 1. The molecule has 0 saturated heterocycles. The van der Waals surface area contributed by atoms with Crippen LogP contribution < -0.4 is 10.1 Å². The van der Waals surface area contributed by atoms with E-state index in [-0.39, 0.29) is 12.3 Å². The van der Waals surface area contributed by atoms with E-state index in [1.165, 1.54) is 5.56 Å². The molecule has 2 aromatic carbocycles. The Morgan fingerprint density at radius 1 is 1.05 bits per heavy atom. The quantitative estimate of drug-likeness (QED) is 0.843. The van der Waals surface area contributed by atoms with Crippen molar-refractivity contribution in [3.8, 4) is 5.75 Å². The zero-order valence-electron chi connectivity index (χ0n) is 12.1. The number of rotatable bonds is 5. The highest BCUT2D eigenvalue weighted by atomic mass is 16.5. The number of carbonyl (C=O) groups is 1. The van der Waals surface area contributed by atoms with E-state index in [4.69, 9.17) is 4.74 Å². The molecule has 0 aliphatic carbocycles. The summed E-state index contributed by atoms with van der Waals surface area (Å²) in [5, 5.41) is 3.12. The van der Waals surface area contributed by atoms with Crippen LogP contribution in [-0.4, -0.2) is 19.4 Å². The highest BCUT2D eigenvalue weighted by Gasteiger charge is 2.06. The molecular formula is C17H19NO2. The minimum Gasteiger partial charge on any atom is -0.497 e. The maximum Gasteiger partial charge on any atom is 0.181 e. The van der Waals surface area contributed by atoms with Crippen LogP contribution in [0.25, 0.3) is 0 Å². The van der Waals surface area contributed by atoms with E-state index in [1.54, 1.807) is 7.11 Å². The van der Waals surface area contributed by atoms with Crippen LogP contribution in [0.1, 0.15) is 21.5 Å². The van der Waals surface area contributed by atoms with Crippen molar-refractivity contribution in [3.63, 3.8) is 0 Å². The lowest BCUT2D eigenvalue weighted by Crippen LogP contribution is -2.14. The first-order valence-corrected chi connectivity index (χ1v) is 6.58. The molecule has 0 aliphatic rings. The Morgan fingerprint density at radius 3 is 2.35 bits per heavy atom. The summed E-state index contributed by atoms with van der Waals surface area (Å²) in [6, 6.07) is 13.3. The molecule has 2 aromatic rings. The molecule has 0 heterocycles. The van der Waals surface area contributed by atoms with Crippen LogP contribution in [0.5, 0.6) is 5.75 Å². The van der Waals surface area contributed by atoms with E-state index in [9.17, 15) is 4.79 Å². The average molecular weight is 269 g/mol. The Bertz CT molecular complexity index is 603. The van der Waals surface area contributed by atoms with Gasteiger partial charge in [-0.05, 0) is 55.3 Å². The number of Topliss-reactive ketones (excluding diaryl/α,β-unsaturated/α-hetero) is 1. The average Bonchev–Trinajstić information content (AvgIpc) is 2.48. The number of hydrogen-bond acceptors (Lipinski definition) is 3. The van der Waals surface area contributed by atoms with Gasteiger partial charge in [0.15, 0.2) is 5.78 Å². The van der Waals surface area contributed by atoms with Gasteiger partial charge in [0.1, 0.15) is 5.75 Å². The number of aryl methyl sites for hydroxylation is 2. The van der Waals surface area contributed by atoms with Crippen LogP contribution in [0.15, 0.2) is 42.5 Å². The summed E-state index contributed by atoms with van der Waals surface area (Å²) >= 11 is 0. The molecule has 0 aromatic heterocycles. The lowest BCUT2D eigenvalue weighted by molar-refractivity contribution is 0.101. The second-order valence-electron chi connectivity index (χ2n) is 4.80. The molecule has 0 aliphatic heterocycles. The molecule has 104 valence electrons. The lowest BCUT2D eigenvalue weighted by Gasteiger charge is -2.08. The Morgan fingerprint density at radius 2 is 1.75 bits per heavy atom. The molecule has 0 saturated carbocycles. The minimum absolute atomic E-state index is 0.0870. The van der Waals surface area contributed by atoms with Crippen molar-refractivity contribution in [1.29, 1.82) is 0 Å². The zero-order valence-corrected chi connectivity index (χ0v) is 12.1. The molecule has 3 heteroatoms. The number of ketones is 1. The van der Waals surface area contributed by atoms with Crippen molar-refractivity contribution in [1.82, 2.24) is 0 Å². The fraction of sp³-hybridized carbons (Fsp3) is 0.235. The van der Waals surface area contributed by atoms with Gasteiger partial charge in [-0.25, -0.2) is 0 Å². The second kappa shape index (κ2) is 6.24. The maximum atomic E-state index is 12.1. The monoisotopic (exact) mass is 269 g/mol. The van der Waals surface area contributed by atoms with E-state index in [2.05, 4.69) is 5.32 Å². The summed E-state index contributed by atoms with van der Waals surface area (Å²) in [7, 11) is 1.63. The van der Waals surface area contributed by atoms with Crippen LogP contribution in [-0.2, 0) is 0 Å². The van der Waals surface area contributed by atoms with Gasteiger partial charge in [-0.3, -0.25) is 4.79 Å². The Hall–Kier alpha value is -2.29. The number of nitrogens with one attached hydrogen (secondary N) is 1. The smallest absolute Gasteiger partial charge is 0.181 e. The highest BCUT2D eigenvalue weighted by molar-refractivity contribution is 5.99. The molecule has 0 amide bonds. The fourth-order valence-electron chi connectivity index (χ4n) is 1.91. The van der Waals surface area contributed by atoms with E-state index in [0.717, 1.165) is 22.6 Å². The minimum atomic E-state index is 0.0870. The topological polar surface area (TPSA) is 38.3 Å². The van der Waals surface area contributed by atoms with E-state index in [0.29, 0.717) is 0 Å². The van der Waals surface area contributed by atoms with Gasteiger partial charge in [0.05, 0.1) is 13.7 Å². The molecule has 0 atom stereocenters. The van der Waals surface area contributed by atoms with Crippen molar-refractivity contribution < 1.29 is 9.53 Å². The van der Waals surface area contributed by atoms with Crippen LogP contribution in [0.2, 0.25) is 0 Å². The predicted molar refractivity (Wildman–Crippen MR) is 81.7 cm³/mol. The third-order valence-electron chi connectivity index (χ3n) is 3.37. The van der Waals surface area contributed by atoms with Gasteiger partial charge in [-0.15, -0.1) is 0 Å². The van der Waals surface area contributed by atoms with Crippen LogP contribution >= 0.6 is 0 Å². The van der Waals surface area contributed by atoms with Crippen LogP contribution in [0, 0.1) is 13.8 Å². The van der Waals surface area contributed by atoms with Crippen molar-refractivity contribution in [3.05, 3.63) is 59.2 Å². The van der Waals surface area contributed by atoms with Gasteiger partial charge >= 0.3 is 0 Å². The summed E-state index contributed by atoms with van der Waals surface area (Å²) in [4.78, 5) is 12.1. The number of methoxy groups -OCH3 is 1. The summed E-state index contributed by atoms with van der Waals surface area (Å²) in [6.07, 6.45) is 0. The SMILES string of the molecule is COc1ccc(NCC(=O)c2ccc(C)c(C)c2)cc1. The molecule has 20 heavy (non-hydrogen) atoms. The van der Waals surface area contributed by atoms with Crippen molar-refractivity contribution in [2.24, 2.45) is 0 Å². The first-order valence-electron chi connectivity index (χ1n) is 6.58. The third-order valence-corrected chi connectivity index (χ3v) is 3.37. The summed E-state index contributed by atoms with van der Waals surface area (Å²) in [5.41, 5.74) is 3.99. The Kier molecular flexibility index (Phi) is 4.41.